The Labute approximate surface area is 163 Å². The molecule has 3 rings (SSSR count). The Morgan fingerprint density at radius 1 is 0.962 bits per heavy atom. The number of unbranched alkanes of at least 4 members (excludes halogenated alkanes) is 1. The molecular weight excluding hydrogens is 366 g/mol. The number of hydrogen-bond acceptors (Lipinski definition) is 3. The molecule has 0 spiro atoms. The predicted octanol–water partition coefficient (Wildman–Crippen LogP) is 5.15. The summed E-state index contributed by atoms with van der Waals surface area (Å²) >= 11 is 7.40. The van der Waals surface area contributed by atoms with Crippen molar-refractivity contribution in [2.24, 2.45) is 0 Å². The van der Waals surface area contributed by atoms with E-state index < -0.39 is 0 Å². The van der Waals surface area contributed by atoms with Gasteiger partial charge in [0.1, 0.15) is 0 Å². The SMILES string of the molecule is CCCCN1C(=O)C(SCc2ccccc2)=C(c2ccc(Cl)cc2)C1=O. The summed E-state index contributed by atoms with van der Waals surface area (Å²) in [6.45, 7) is 2.50. The molecule has 3 nitrogen and oxygen atoms in total. The lowest BCUT2D eigenvalue weighted by Crippen LogP contribution is -2.32. The molecule has 1 heterocycles. The van der Waals surface area contributed by atoms with Gasteiger partial charge in [-0.25, -0.2) is 0 Å². The van der Waals surface area contributed by atoms with E-state index in [4.69, 9.17) is 11.6 Å². The lowest BCUT2D eigenvalue weighted by molar-refractivity contribution is -0.136. The van der Waals surface area contributed by atoms with Crippen LogP contribution in [0.25, 0.3) is 5.57 Å². The lowest BCUT2D eigenvalue weighted by Gasteiger charge is -2.14. The van der Waals surface area contributed by atoms with E-state index in [1.54, 1.807) is 24.3 Å². The Hall–Kier alpha value is -2.04. The average Bonchev–Trinajstić information content (AvgIpc) is 2.89. The molecule has 0 radical (unpaired) electrons. The summed E-state index contributed by atoms with van der Waals surface area (Å²) in [4.78, 5) is 27.7. The molecule has 0 aromatic heterocycles. The van der Waals surface area contributed by atoms with Crippen molar-refractivity contribution in [3.63, 3.8) is 0 Å². The summed E-state index contributed by atoms with van der Waals surface area (Å²) in [5.74, 6) is 0.254. The van der Waals surface area contributed by atoms with E-state index in [1.807, 2.05) is 37.3 Å². The van der Waals surface area contributed by atoms with E-state index in [0.29, 0.717) is 27.8 Å². The molecular formula is C21H20ClNO2S. The molecule has 0 fully saturated rings. The summed E-state index contributed by atoms with van der Waals surface area (Å²) in [5, 5.41) is 0.604. The van der Waals surface area contributed by atoms with Gasteiger partial charge in [0, 0.05) is 17.3 Å². The molecule has 5 heteroatoms. The number of benzene rings is 2. The second-order valence-corrected chi connectivity index (χ2v) is 7.52. The summed E-state index contributed by atoms with van der Waals surface area (Å²) in [7, 11) is 0. The molecule has 26 heavy (non-hydrogen) atoms. The van der Waals surface area contributed by atoms with Gasteiger partial charge in [0.2, 0.25) is 0 Å². The number of hydrogen-bond donors (Lipinski definition) is 0. The molecule has 0 atom stereocenters. The smallest absolute Gasteiger partial charge is 0.267 e. The molecule has 0 unspecified atom stereocenters. The second kappa shape index (κ2) is 8.56. The van der Waals surface area contributed by atoms with Crippen molar-refractivity contribution < 1.29 is 9.59 Å². The average molecular weight is 386 g/mol. The first-order chi connectivity index (χ1) is 12.6. The Morgan fingerprint density at radius 3 is 2.31 bits per heavy atom. The molecule has 0 saturated heterocycles. The second-order valence-electron chi connectivity index (χ2n) is 6.10. The minimum Gasteiger partial charge on any atom is -0.274 e. The summed E-state index contributed by atoms with van der Waals surface area (Å²) in [6.07, 6.45) is 1.74. The van der Waals surface area contributed by atoms with Crippen molar-refractivity contribution in [2.75, 3.05) is 6.54 Å². The van der Waals surface area contributed by atoms with Crippen LogP contribution in [0.1, 0.15) is 30.9 Å². The maximum absolute atomic E-state index is 12.9. The van der Waals surface area contributed by atoms with Crippen LogP contribution in [-0.4, -0.2) is 23.3 Å². The lowest BCUT2D eigenvalue weighted by atomic mass is 10.1. The highest BCUT2D eigenvalue weighted by atomic mass is 35.5. The number of carbonyl (C=O) groups excluding carboxylic acids is 2. The monoisotopic (exact) mass is 385 g/mol. The highest BCUT2D eigenvalue weighted by Gasteiger charge is 2.38. The Bertz CT molecular complexity index is 831. The number of imide groups is 1. The highest BCUT2D eigenvalue weighted by Crippen LogP contribution is 2.37. The maximum atomic E-state index is 12.9. The standard InChI is InChI=1S/C21H20ClNO2S/c1-2-3-13-23-20(24)18(16-9-11-17(22)12-10-16)19(21(23)25)26-14-15-7-5-4-6-8-15/h4-12H,2-3,13-14H2,1H3. The van der Waals surface area contributed by atoms with Gasteiger partial charge in [-0.15, -0.1) is 11.8 Å². The van der Waals surface area contributed by atoms with Crippen molar-refractivity contribution in [3.05, 3.63) is 75.7 Å². The zero-order chi connectivity index (χ0) is 18.5. The molecule has 1 aliphatic heterocycles. The van der Waals surface area contributed by atoms with Gasteiger partial charge < -0.3 is 0 Å². The number of amides is 2. The van der Waals surface area contributed by atoms with Gasteiger partial charge in [-0.3, -0.25) is 14.5 Å². The van der Waals surface area contributed by atoms with E-state index in [9.17, 15) is 9.59 Å². The van der Waals surface area contributed by atoms with Crippen LogP contribution < -0.4 is 0 Å². The molecule has 0 aliphatic carbocycles. The molecule has 134 valence electrons. The van der Waals surface area contributed by atoms with E-state index in [-0.39, 0.29) is 11.8 Å². The molecule has 2 aromatic carbocycles. The quantitative estimate of drug-likeness (QED) is 0.618. The topological polar surface area (TPSA) is 37.4 Å². The highest BCUT2D eigenvalue weighted by molar-refractivity contribution is 8.03. The largest absolute Gasteiger partial charge is 0.274 e. The van der Waals surface area contributed by atoms with Gasteiger partial charge in [-0.1, -0.05) is 67.4 Å². The first-order valence-corrected chi connectivity index (χ1v) is 10.0. The predicted molar refractivity (Wildman–Crippen MR) is 108 cm³/mol. The number of rotatable bonds is 7. The van der Waals surface area contributed by atoms with Crippen molar-refractivity contribution in [1.82, 2.24) is 4.90 Å². The summed E-state index contributed by atoms with van der Waals surface area (Å²) < 4.78 is 0. The molecule has 2 aromatic rings. The third kappa shape index (κ3) is 4.02. The van der Waals surface area contributed by atoms with Crippen molar-refractivity contribution in [1.29, 1.82) is 0 Å². The summed E-state index contributed by atoms with van der Waals surface area (Å²) in [6, 6.07) is 17.0. The zero-order valence-corrected chi connectivity index (χ0v) is 16.1. The number of thioether (sulfide) groups is 1. The Kier molecular flexibility index (Phi) is 6.17. The van der Waals surface area contributed by atoms with Crippen LogP contribution in [-0.2, 0) is 15.3 Å². The van der Waals surface area contributed by atoms with E-state index in [2.05, 4.69) is 0 Å². The van der Waals surface area contributed by atoms with E-state index >= 15 is 0 Å². The normalized spacial score (nSPS) is 14.5. The maximum Gasteiger partial charge on any atom is 0.267 e. The van der Waals surface area contributed by atoms with Crippen LogP contribution in [0.5, 0.6) is 0 Å². The molecule has 0 bridgehead atoms. The molecule has 2 amide bonds. The van der Waals surface area contributed by atoms with Gasteiger partial charge in [-0.05, 0) is 29.7 Å². The fourth-order valence-corrected chi connectivity index (χ4v) is 4.02. The fourth-order valence-electron chi connectivity index (χ4n) is 2.81. The third-order valence-electron chi connectivity index (χ3n) is 4.22. The molecule has 0 N–H and O–H groups in total. The minimum absolute atomic E-state index is 0.186. The van der Waals surface area contributed by atoms with Crippen molar-refractivity contribution in [3.8, 4) is 0 Å². The summed E-state index contributed by atoms with van der Waals surface area (Å²) in [5.41, 5.74) is 2.35. The Morgan fingerprint density at radius 2 is 1.65 bits per heavy atom. The van der Waals surface area contributed by atoms with Gasteiger partial charge in [0.25, 0.3) is 11.8 Å². The van der Waals surface area contributed by atoms with E-state index in [0.717, 1.165) is 24.0 Å². The minimum atomic E-state index is -0.207. The fraction of sp³-hybridized carbons (Fsp3) is 0.238. The third-order valence-corrected chi connectivity index (χ3v) is 5.62. The number of halogens is 1. The van der Waals surface area contributed by atoms with Gasteiger partial charge in [0.05, 0.1) is 10.5 Å². The van der Waals surface area contributed by atoms with Gasteiger partial charge >= 0.3 is 0 Å². The van der Waals surface area contributed by atoms with Crippen LogP contribution in [0.3, 0.4) is 0 Å². The van der Waals surface area contributed by atoms with Crippen LogP contribution in [0.15, 0.2) is 59.5 Å². The van der Waals surface area contributed by atoms with Crippen LogP contribution in [0.2, 0.25) is 5.02 Å². The van der Waals surface area contributed by atoms with E-state index in [1.165, 1.54) is 16.7 Å². The van der Waals surface area contributed by atoms with Crippen molar-refractivity contribution in [2.45, 2.75) is 25.5 Å². The van der Waals surface area contributed by atoms with Crippen molar-refractivity contribution >= 4 is 40.8 Å². The zero-order valence-electron chi connectivity index (χ0n) is 14.6. The first-order valence-electron chi connectivity index (χ1n) is 8.65. The number of carbonyl (C=O) groups is 2. The van der Waals surface area contributed by atoms with Gasteiger partial charge in [0.15, 0.2) is 0 Å². The van der Waals surface area contributed by atoms with Gasteiger partial charge in [-0.2, -0.15) is 0 Å². The van der Waals surface area contributed by atoms with Crippen LogP contribution in [0, 0.1) is 0 Å². The Balaban J connectivity index is 1.93. The van der Waals surface area contributed by atoms with Crippen LogP contribution >= 0.6 is 23.4 Å². The van der Waals surface area contributed by atoms with Crippen LogP contribution in [0.4, 0.5) is 0 Å². The first kappa shape index (κ1) is 18.7. The molecule has 1 aliphatic rings. The number of nitrogens with zero attached hydrogens (tertiary/aromatic N) is 1. The molecule has 0 saturated carbocycles.